The molecule has 0 aromatic heterocycles. The molecular formula is C16H23N3O2. The van der Waals surface area contributed by atoms with Crippen LogP contribution >= 0.6 is 0 Å². The molecule has 114 valence electrons. The Balaban J connectivity index is 2.10. The van der Waals surface area contributed by atoms with E-state index in [1.165, 1.54) is 12.5 Å². The van der Waals surface area contributed by atoms with Crippen LogP contribution in [0.5, 0.6) is 0 Å². The highest BCUT2D eigenvalue weighted by Crippen LogP contribution is 2.22. The maximum Gasteiger partial charge on any atom is 0.242 e. The van der Waals surface area contributed by atoms with Crippen LogP contribution in [0.3, 0.4) is 0 Å². The first-order chi connectivity index (χ1) is 10.1. The van der Waals surface area contributed by atoms with Crippen LogP contribution in [0.4, 0.5) is 0 Å². The van der Waals surface area contributed by atoms with Crippen LogP contribution < -0.4 is 10.6 Å². The number of amides is 2. The summed E-state index contributed by atoms with van der Waals surface area (Å²) in [4.78, 5) is 25.1. The van der Waals surface area contributed by atoms with Gasteiger partial charge in [0.05, 0.1) is 12.6 Å². The topological polar surface area (TPSA) is 61.4 Å². The van der Waals surface area contributed by atoms with Crippen molar-refractivity contribution in [2.24, 2.45) is 0 Å². The number of carbonyl (C=O) groups is 2. The summed E-state index contributed by atoms with van der Waals surface area (Å²) in [5, 5.41) is 5.91. The lowest BCUT2D eigenvalue weighted by atomic mass is 10.0. The van der Waals surface area contributed by atoms with E-state index in [2.05, 4.69) is 41.8 Å². The highest BCUT2D eigenvalue weighted by molar-refractivity contribution is 5.84. The van der Waals surface area contributed by atoms with E-state index >= 15 is 0 Å². The lowest BCUT2D eigenvalue weighted by Gasteiger charge is -2.36. The number of aryl methyl sites for hydroxylation is 1. The third kappa shape index (κ3) is 4.04. The van der Waals surface area contributed by atoms with E-state index in [9.17, 15) is 9.59 Å². The number of hydrogen-bond donors (Lipinski definition) is 2. The maximum atomic E-state index is 12.3. The zero-order chi connectivity index (χ0) is 15.2. The molecule has 1 saturated heterocycles. The molecule has 0 saturated carbocycles. The molecule has 1 aromatic rings. The van der Waals surface area contributed by atoms with Gasteiger partial charge in [-0.15, -0.1) is 0 Å². The van der Waals surface area contributed by atoms with Gasteiger partial charge in [0.25, 0.3) is 0 Å². The third-order valence-electron chi connectivity index (χ3n) is 3.83. The van der Waals surface area contributed by atoms with Gasteiger partial charge >= 0.3 is 0 Å². The Labute approximate surface area is 125 Å². The van der Waals surface area contributed by atoms with Crippen molar-refractivity contribution in [1.29, 1.82) is 0 Å². The second kappa shape index (κ2) is 7.22. The summed E-state index contributed by atoms with van der Waals surface area (Å²) in [5.41, 5.74) is 2.43. The highest BCUT2D eigenvalue weighted by atomic mass is 16.2. The van der Waals surface area contributed by atoms with Crippen molar-refractivity contribution >= 4 is 11.8 Å². The van der Waals surface area contributed by atoms with E-state index in [-0.39, 0.29) is 24.4 Å². The monoisotopic (exact) mass is 289 g/mol. The summed E-state index contributed by atoms with van der Waals surface area (Å²) in [6.07, 6.45) is 1.01. The van der Waals surface area contributed by atoms with Crippen LogP contribution in [-0.2, 0) is 16.0 Å². The first-order valence-electron chi connectivity index (χ1n) is 7.45. The number of nitrogens with zero attached hydrogens (tertiary/aromatic N) is 1. The lowest BCUT2D eigenvalue weighted by molar-refractivity contribution is -0.135. The van der Waals surface area contributed by atoms with E-state index < -0.39 is 0 Å². The van der Waals surface area contributed by atoms with Crippen molar-refractivity contribution in [3.05, 3.63) is 35.4 Å². The molecule has 1 aromatic carbocycles. The van der Waals surface area contributed by atoms with E-state index in [0.29, 0.717) is 6.54 Å². The van der Waals surface area contributed by atoms with Crippen LogP contribution in [0.15, 0.2) is 24.3 Å². The molecule has 0 spiro atoms. The molecule has 1 atom stereocenters. The molecule has 2 N–H and O–H groups in total. The summed E-state index contributed by atoms with van der Waals surface area (Å²) >= 11 is 0. The number of piperazine rings is 1. The molecule has 1 heterocycles. The minimum absolute atomic E-state index is 0.0312. The van der Waals surface area contributed by atoms with Crippen molar-refractivity contribution in [3.8, 4) is 0 Å². The lowest BCUT2D eigenvalue weighted by Crippen LogP contribution is -2.51. The fourth-order valence-corrected chi connectivity index (χ4v) is 2.58. The predicted molar refractivity (Wildman–Crippen MR) is 81.8 cm³/mol. The van der Waals surface area contributed by atoms with Crippen molar-refractivity contribution in [2.45, 2.75) is 26.3 Å². The van der Waals surface area contributed by atoms with Gasteiger partial charge in [-0.2, -0.15) is 0 Å². The molecule has 1 unspecified atom stereocenters. The minimum atomic E-state index is -0.178. The van der Waals surface area contributed by atoms with E-state index in [1.54, 1.807) is 0 Å². The highest BCUT2D eigenvalue weighted by Gasteiger charge is 2.27. The van der Waals surface area contributed by atoms with Crippen LogP contribution in [0.1, 0.15) is 31.0 Å². The van der Waals surface area contributed by atoms with Gasteiger partial charge < -0.3 is 15.5 Å². The van der Waals surface area contributed by atoms with Crippen LogP contribution in [0.25, 0.3) is 0 Å². The fourth-order valence-electron chi connectivity index (χ4n) is 2.58. The van der Waals surface area contributed by atoms with Gasteiger partial charge in [0.1, 0.15) is 0 Å². The molecule has 0 aliphatic carbocycles. The summed E-state index contributed by atoms with van der Waals surface area (Å²) in [6.45, 7) is 5.82. The third-order valence-corrected chi connectivity index (χ3v) is 3.83. The molecular weight excluding hydrogens is 266 g/mol. The van der Waals surface area contributed by atoms with Gasteiger partial charge in [0, 0.05) is 26.6 Å². The molecule has 2 rings (SSSR count). The normalized spacial score (nSPS) is 18.4. The molecule has 5 nitrogen and oxygen atoms in total. The molecule has 1 aliphatic rings. The minimum Gasteiger partial charge on any atom is -0.347 e. The molecule has 0 radical (unpaired) electrons. The number of nitrogens with one attached hydrogen (secondary N) is 2. The van der Waals surface area contributed by atoms with Crippen molar-refractivity contribution in [3.63, 3.8) is 0 Å². The van der Waals surface area contributed by atoms with E-state index in [4.69, 9.17) is 0 Å². The second-order valence-corrected chi connectivity index (χ2v) is 5.31. The molecule has 2 amide bonds. The van der Waals surface area contributed by atoms with E-state index in [0.717, 1.165) is 25.1 Å². The quantitative estimate of drug-likeness (QED) is 0.864. The van der Waals surface area contributed by atoms with Gasteiger partial charge in [-0.05, 0) is 17.5 Å². The Morgan fingerprint density at radius 1 is 1.33 bits per heavy atom. The van der Waals surface area contributed by atoms with Gasteiger partial charge in [0.15, 0.2) is 0 Å². The average Bonchev–Trinajstić information content (AvgIpc) is 2.52. The summed E-state index contributed by atoms with van der Waals surface area (Å²) in [5.74, 6) is -0.210. The molecule has 0 bridgehead atoms. The predicted octanol–water partition coefficient (Wildman–Crippen LogP) is 0.858. The summed E-state index contributed by atoms with van der Waals surface area (Å²) in [7, 11) is 0. The summed E-state index contributed by atoms with van der Waals surface area (Å²) in [6, 6.07) is 8.44. The Morgan fingerprint density at radius 2 is 2.05 bits per heavy atom. The van der Waals surface area contributed by atoms with Gasteiger partial charge in [0.2, 0.25) is 11.8 Å². The molecule has 1 fully saturated rings. The van der Waals surface area contributed by atoms with Crippen LogP contribution in [0, 0.1) is 0 Å². The number of benzene rings is 1. The van der Waals surface area contributed by atoms with Gasteiger partial charge in [-0.3, -0.25) is 9.59 Å². The average molecular weight is 289 g/mol. The largest absolute Gasteiger partial charge is 0.347 e. The van der Waals surface area contributed by atoms with Gasteiger partial charge in [-0.25, -0.2) is 0 Å². The zero-order valence-electron chi connectivity index (χ0n) is 12.7. The second-order valence-electron chi connectivity index (χ2n) is 5.31. The van der Waals surface area contributed by atoms with E-state index in [1.807, 2.05) is 4.90 Å². The van der Waals surface area contributed by atoms with Crippen LogP contribution in [-0.4, -0.2) is 42.9 Å². The Kier molecular flexibility index (Phi) is 5.33. The Morgan fingerprint density at radius 3 is 2.67 bits per heavy atom. The number of carbonyl (C=O) groups excluding carboxylic acids is 2. The van der Waals surface area contributed by atoms with Crippen LogP contribution in [0.2, 0.25) is 0 Å². The zero-order valence-corrected chi connectivity index (χ0v) is 12.7. The number of hydrogen-bond acceptors (Lipinski definition) is 3. The fraction of sp³-hybridized carbons (Fsp3) is 0.500. The van der Waals surface area contributed by atoms with Crippen molar-refractivity contribution in [2.75, 3.05) is 26.2 Å². The standard InChI is InChI=1S/C16H23N3O2/c1-3-13-4-6-14(7-5-13)15-10-17-8-9-19(15)16(21)11-18-12(2)20/h4-7,15,17H,3,8-11H2,1-2H3,(H,18,20). The summed E-state index contributed by atoms with van der Waals surface area (Å²) < 4.78 is 0. The van der Waals surface area contributed by atoms with Crippen molar-refractivity contribution in [1.82, 2.24) is 15.5 Å². The first-order valence-corrected chi connectivity index (χ1v) is 7.45. The van der Waals surface area contributed by atoms with Gasteiger partial charge in [-0.1, -0.05) is 31.2 Å². The van der Waals surface area contributed by atoms with Crippen molar-refractivity contribution < 1.29 is 9.59 Å². The Hall–Kier alpha value is -1.88. The smallest absolute Gasteiger partial charge is 0.242 e. The molecule has 5 heteroatoms. The SMILES string of the molecule is CCc1ccc(C2CNCCN2C(=O)CNC(C)=O)cc1. The number of rotatable bonds is 4. The Bertz CT molecular complexity index is 499. The maximum absolute atomic E-state index is 12.3. The molecule has 21 heavy (non-hydrogen) atoms. The molecule has 1 aliphatic heterocycles. The first kappa shape index (κ1) is 15.5.